The van der Waals surface area contributed by atoms with Crippen molar-refractivity contribution in [1.29, 1.82) is 0 Å². The number of ketones is 2. The van der Waals surface area contributed by atoms with Gasteiger partial charge < -0.3 is 20.6 Å². The molecule has 20 heteroatoms. The molecule has 2 aliphatic carbocycles. The number of allylic oxidation sites excluding steroid dienone is 4. The number of hydrogen-bond acceptors (Lipinski definition) is 16. The Bertz CT molecular complexity index is 2560. The van der Waals surface area contributed by atoms with Crippen LogP contribution in [0.5, 0.6) is 0 Å². The van der Waals surface area contributed by atoms with E-state index in [0.29, 0.717) is 23.2 Å². The van der Waals surface area contributed by atoms with Gasteiger partial charge in [0.05, 0.1) is 43.8 Å². The molecular weight excluding hydrogens is 759 g/mol. The second-order valence-electron chi connectivity index (χ2n) is 11.1. The third-order valence-corrected chi connectivity index (χ3v) is 9.26. The number of nitrogen functional groups attached to an aromatic ring is 1. The zero-order valence-electron chi connectivity index (χ0n) is 28.4. The molecule has 54 heavy (non-hydrogen) atoms. The summed E-state index contributed by atoms with van der Waals surface area (Å²) in [7, 11) is -10.6. The Balaban J connectivity index is 0.00000325. The van der Waals surface area contributed by atoms with E-state index in [9.17, 15) is 35.5 Å². The number of nitrogens with two attached hydrogens (primary N) is 2. The van der Waals surface area contributed by atoms with Crippen molar-refractivity contribution in [3.05, 3.63) is 125 Å². The van der Waals surface area contributed by atoms with E-state index in [0.717, 1.165) is 17.2 Å². The summed E-state index contributed by atoms with van der Waals surface area (Å²) in [5.74, 6) is -1.36. The third kappa shape index (κ3) is 9.54. The van der Waals surface area contributed by atoms with Crippen molar-refractivity contribution in [1.82, 2.24) is 0 Å². The Morgan fingerprint density at radius 1 is 0.667 bits per heavy atom. The van der Waals surface area contributed by atoms with Crippen LogP contribution in [-0.2, 0) is 25.0 Å². The van der Waals surface area contributed by atoms with Gasteiger partial charge in [-0.15, -0.1) is 5.11 Å². The van der Waals surface area contributed by atoms with E-state index in [1.807, 2.05) is 12.1 Å². The van der Waals surface area contributed by atoms with Crippen LogP contribution in [0.15, 0.2) is 139 Å². The number of nitrogens with zero attached hydrogens (tertiary/aromatic N) is 4. The number of carbonyl (C=O) groups excluding carboxylic acids is 2. The number of para-hydroxylation sites is 1. The van der Waals surface area contributed by atoms with Gasteiger partial charge in [0, 0.05) is 6.08 Å². The molecule has 262 valence electrons. The van der Waals surface area contributed by atoms with Crippen molar-refractivity contribution in [2.24, 2.45) is 26.2 Å². The fourth-order valence-electron chi connectivity index (χ4n) is 5.04. The normalized spacial score (nSPS) is 15.6. The van der Waals surface area contributed by atoms with Crippen LogP contribution >= 0.6 is 0 Å². The topological polar surface area (TPSA) is 274 Å². The summed E-state index contributed by atoms with van der Waals surface area (Å²) in [6.07, 6.45) is 4.85. The van der Waals surface area contributed by atoms with Crippen LogP contribution in [0.2, 0.25) is 0 Å². The summed E-state index contributed by atoms with van der Waals surface area (Å²) in [6, 6.07) is 22.5. The van der Waals surface area contributed by atoms with Gasteiger partial charge >= 0.3 is 59.1 Å². The maximum Gasteiger partial charge on any atom is 1.00 e. The molecular formula is C34H24N8Na2O8S2. The average molecular weight is 783 g/mol. The van der Waals surface area contributed by atoms with E-state index >= 15 is 0 Å². The molecule has 0 radical (unpaired) electrons. The first kappa shape index (κ1) is 42.1. The zero-order valence-corrected chi connectivity index (χ0v) is 34.1. The molecule has 0 aromatic heterocycles. The summed E-state index contributed by atoms with van der Waals surface area (Å²) >= 11 is 0. The average Bonchev–Trinajstić information content (AvgIpc) is 3.10. The quantitative estimate of drug-likeness (QED) is 0.0380. The largest absolute Gasteiger partial charge is 1.00 e. The van der Waals surface area contributed by atoms with E-state index in [4.69, 9.17) is 11.5 Å². The maximum absolute atomic E-state index is 13.6. The van der Waals surface area contributed by atoms with Gasteiger partial charge in [0.2, 0.25) is 5.78 Å². The summed E-state index contributed by atoms with van der Waals surface area (Å²) < 4.78 is 73.3. The molecule has 0 aliphatic heterocycles. The molecule has 6 rings (SSSR count). The number of rotatable bonds is 9. The molecule has 0 unspecified atom stereocenters. The van der Waals surface area contributed by atoms with Crippen molar-refractivity contribution in [3.8, 4) is 11.1 Å². The molecule has 0 fully saturated rings. The molecule has 6 N–H and O–H groups in total. The molecule has 0 saturated carbocycles. The van der Waals surface area contributed by atoms with Gasteiger partial charge in [-0.1, -0.05) is 42.5 Å². The van der Waals surface area contributed by atoms with Crippen LogP contribution in [0, 0.1) is 0 Å². The predicted octanol–water partition coefficient (Wildman–Crippen LogP) is -1.44. The Morgan fingerprint density at radius 2 is 1.26 bits per heavy atom. The molecule has 2 aliphatic rings. The first-order valence-electron chi connectivity index (χ1n) is 14.9. The van der Waals surface area contributed by atoms with Gasteiger partial charge in [-0.05, 0) is 77.4 Å². The van der Waals surface area contributed by atoms with Gasteiger partial charge in [0.25, 0.3) is 0 Å². The second kappa shape index (κ2) is 17.2. The molecule has 0 amide bonds. The molecule has 0 atom stereocenters. The molecule has 0 saturated heterocycles. The van der Waals surface area contributed by atoms with Gasteiger partial charge in [-0.3, -0.25) is 20.4 Å². The smallest absolute Gasteiger partial charge is 0.744 e. The van der Waals surface area contributed by atoms with Crippen LogP contribution in [0.25, 0.3) is 17.2 Å². The molecule has 4 aromatic carbocycles. The van der Waals surface area contributed by atoms with Gasteiger partial charge in [0.1, 0.15) is 37.3 Å². The summed E-state index contributed by atoms with van der Waals surface area (Å²) in [4.78, 5) is 22.9. The maximum atomic E-state index is 13.6. The van der Waals surface area contributed by atoms with Crippen LogP contribution in [0.3, 0.4) is 0 Å². The van der Waals surface area contributed by atoms with Crippen LogP contribution in [0.1, 0.15) is 15.9 Å². The van der Waals surface area contributed by atoms with Crippen molar-refractivity contribution in [2.75, 3.05) is 16.6 Å². The second-order valence-corrected chi connectivity index (χ2v) is 13.8. The van der Waals surface area contributed by atoms with E-state index in [1.165, 1.54) is 18.2 Å². The van der Waals surface area contributed by atoms with E-state index in [1.54, 1.807) is 66.7 Å². The number of anilines is 3. The SMILES string of the molecule is NC1=CC(=O)C=CC1=NNc1ccc(-c2ccc(N=Nc3c(S(=O)(=O)[O-])cc4c(c3N)C(=O)C(=NNc3ccccc3)C(S(=O)(=O)[O-])=C4)cc2)cc1.[Na+].[Na+]. The number of fused-ring (bicyclic) bond motifs is 1. The van der Waals surface area contributed by atoms with Gasteiger partial charge in [0.15, 0.2) is 5.78 Å². The molecule has 0 spiro atoms. The van der Waals surface area contributed by atoms with Gasteiger partial charge in [-0.25, -0.2) is 16.8 Å². The van der Waals surface area contributed by atoms with E-state index in [-0.39, 0.29) is 76.3 Å². The summed E-state index contributed by atoms with van der Waals surface area (Å²) in [6.45, 7) is 0. The van der Waals surface area contributed by atoms with Crippen LogP contribution < -0.4 is 81.4 Å². The van der Waals surface area contributed by atoms with Crippen molar-refractivity contribution in [2.45, 2.75) is 4.90 Å². The number of Topliss-reactive ketones (excluding diaryl/α,β-unsaturated/α-hetero) is 1. The standard InChI is InChI=1S/C34H26N8O8S2.2Na/c35-26-18-25(43)14-15-27(26)40-37-23-10-6-19(7-11-23)20-8-12-24(13-9-20)39-41-32-28(51(45,46)47)16-21-17-29(52(48,49)50)33(34(44)30(21)31(32)36)42-38-22-4-2-1-3-5-22;;/h1-18,37-38H,35-36H2,(H,45,46,47)(H,48,49,50);;/q;2*+1/p-2. The molecule has 4 aromatic rings. The first-order chi connectivity index (χ1) is 24.7. The number of benzene rings is 4. The van der Waals surface area contributed by atoms with Gasteiger partial charge in [-0.2, -0.15) is 15.3 Å². The Labute approximate surface area is 353 Å². The Morgan fingerprint density at radius 3 is 1.85 bits per heavy atom. The van der Waals surface area contributed by atoms with E-state index in [2.05, 4.69) is 31.3 Å². The Kier molecular flexibility index (Phi) is 13.5. The summed E-state index contributed by atoms with van der Waals surface area (Å²) in [5.41, 5.74) is 17.9. The van der Waals surface area contributed by atoms with Crippen molar-refractivity contribution in [3.63, 3.8) is 0 Å². The Hall–Kier alpha value is -4.60. The number of hydrazone groups is 2. The third-order valence-electron chi connectivity index (χ3n) is 7.56. The minimum atomic E-state index is -5.33. The molecule has 0 heterocycles. The number of nitrogens with one attached hydrogen (secondary N) is 2. The van der Waals surface area contributed by atoms with Crippen LogP contribution in [-0.4, -0.2) is 48.9 Å². The van der Waals surface area contributed by atoms with E-state index < -0.39 is 64.0 Å². The number of azo groups is 1. The minimum absolute atomic E-state index is 0. The predicted molar refractivity (Wildman–Crippen MR) is 192 cm³/mol. The van der Waals surface area contributed by atoms with Crippen LogP contribution in [0.4, 0.5) is 28.4 Å². The fraction of sp³-hybridized carbons (Fsp3) is 0. The van der Waals surface area contributed by atoms with Crippen molar-refractivity contribution >= 4 is 77.7 Å². The van der Waals surface area contributed by atoms with Crippen molar-refractivity contribution < 1.29 is 94.6 Å². The summed E-state index contributed by atoms with van der Waals surface area (Å²) in [5, 5.41) is 16.0. The number of carbonyl (C=O) groups is 2. The fourth-order valence-corrected chi connectivity index (χ4v) is 6.35. The monoisotopic (exact) mass is 782 g/mol. The number of hydrogen-bond donors (Lipinski definition) is 4. The molecule has 0 bridgehead atoms. The molecule has 16 nitrogen and oxygen atoms in total. The first-order valence-corrected chi connectivity index (χ1v) is 17.7. The zero-order chi connectivity index (χ0) is 37.2. The minimum Gasteiger partial charge on any atom is -0.744 e.